The molecule has 2 N–H and O–H groups in total. The monoisotopic (exact) mass is 318 g/mol. The van der Waals surface area contributed by atoms with Crippen molar-refractivity contribution in [1.29, 1.82) is 0 Å². The van der Waals surface area contributed by atoms with E-state index in [1.54, 1.807) is 7.05 Å². The summed E-state index contributed by atoms with van der Waals surface area (Å²) < 4.78 is 28.9. The second-order valence-corrected chi connectivity index (χ2v) is 8.39. The third-order valence-corrected chi connectivity index (χ3v) is 6.23. The molecule has 2 atom stereocenters. The normalized spacial score (nSPS) is 28.2. The Kier molecular flexibility index (Phi) is 6.02. The average molecular weight is 318 g/mol. The van der Waals surface area contributed by atoms with Crippen LogP contribution in [0.1, 0.15) is 39.0 Å². The second-order valence-electron chi connectivity index (χ2n) is 6.58. The molecule has 0 amide bonds. The maximum atomic E-state index is 12.3. The van der Waals surface area contributed by atoms with E-state index >= 15 is 0 Å². The lowest BCUT2D eigenvalue weighted by Crippen LogP contribution is -2.50. The summed E-state index contributed by atoms with van der Waals surface area (Å²) in [5.74, 6) is 0. The van der Waals surface area contributed by atoms with E-state index in [1.165, 1.54) is 17.1 Å². The van der Waals surface area contributed by atoms with Gasteiger partial charge >= 0.3 is 0 Å². The van der Waals surface area contributed by atoms with Gasteiger partial charge in [0.1, 0.15) is 0 Å². The van der Waals surface area contributed by atoms with Crippen molar-refractivity contribution in [3.63, 3.8) is 0 Å². The zero-order chi connectivity index (χ0) is 15.5. The van der Waals surface area contributed by atoms with E-state index in [9.17, 15) is 8.42 Å². The van der Waals surface area contributed by atoms with Crippen molar-refractivity contribution in [3.8, 4) is 0 Å². The summed E-state index contributed by atoms with van der Waals surface area (Å²) in [4.78, 5) is 2.28. The lowest BCUT2D eigenvalue weighted by Gasteiger charge is -2.35. The third-order valence-electron chi connectivity index (χ3n) is 4.59. The molecular weight excluding hydrogens is 288 g/mol. The fourth-order valence-corrected chi connectivity index (χ4v) is 3.90. The van der Waals surface area contributed by atoms with Crippen LogP contribution >= 0.6 is 0 Å². The van der Waals surface area contributed by atoms with Gasteiger partial charge in [-0.1, -0.05) is 0 Å². The van der Waals surface area contributed by atoms with Crippen LogP contribution in [0.4, 0.5) is 0 Å². The molecule has 2 aliphatic rings. The number of hydrogen-bond donors (Lipinski definition) is 2. The van der Waals surface area contributed by atoms with E-state index in [-0.39, 0.29) is 6.04 Å². The van der Waals surface area contributed by atoms with E-state index in [0.29, 0.717) is 18.6 Å². The lowest BCUT2D eigenvalue weighted by atomic mass is 10.0. The maximum absolute atomic E-state index is 12.3. The summed E-state index contributed by atoms with van der Waals surface area (Å²) in [6, 6.07) is 1.18. The van der Waals surface area contributed by atoms with Gasteiger partial charge in [0.25, 0.3) is 10.2 Å². The molecule has 1 heterocycles. The van der Waals surface area contributed by atoms with Crippen molar-refractivity contribution >= 4 is 10.2 Å². The number of hydrogen-bond acceptors (Lipinski definition) is 4. The minimum Gasteiger partial charge on any atom is -0.314 e. The standard InChI is InChI=1S/C14H30N4O2S/c1-12-11-14(7-10-17(12)2)16-21(19,20)18(3)9-4-8-15-13-5-6-13/h12-16H,4-11H2,1-3H3. The van der Waals surface area contributed by atoms with Gasteiger partial charge in [0, 0.05) is 31.7 Å². The number of likely N-dealkylation sites (tertiary alicyclic amines) is 1. The van der Waals surface area contributed by atoms with Crippen LogP contribution in [0, 0.1) is 0 Å². The van der Waals surface area contributed by atoms with Crippen molar-refractivity contribution in [3.05, 3.63) is 0 Å². The van der Waals surface area contributed by atoms with Crippen molar-refractivity contribution < 1.29 is 8.42 Å². The molecule has 0 radical (unpaired) electrons. The van der Waals surface area contributed by atoms with Crippen LogP contribution in [0.3, 0.4) is 0 Å². The molecule has 2 rings (SSSR count). The zero-order valence-corrected chi connectivity index (χ0v) is 14.3. The molecule has 124 valence electrons. The first kappa shape index (κ1) is 17.1. The molecule has 0 spiro atoms. The highest BCUT2D eigenvalue weighted by Gasteiger charge is 2.28. The van der Waals surface area contributed by atoms with Gasteiger partial charge in [0.2, 0.25) is 0 Å². The molecule has 1 saturated carbocycles. The van der Waals surface area contributed by atoms with Gasteiger partial charge in [0.05, 0.1) is 0 Å². The first-order chi connectivity index (χ1) is 9.88. The highest BCUT2D eigenvalue weighted by molar-refractivity contribution is 7.87. The molecule has 1 aliphatic carbocycles. The predicted octanol–water partition coefficient (Wildman–Crippen LogP) is 0.377. The Morgan fingerprint density at radius 2 is 1.95 bits per heavy atom. The van der Waals surface area contributed by atoms with Crippen LogP contribution < -0.4 is 10.0 Å². The number of piperidine rings is 1. The van der Waals surface area contributed by atoms with Gasteiger partial charge in [-0.2, -0.15) is 17.4 Å². The Hall–Kier alpha value is -0.210. The van der Waals surface area contributed by atoms with Crippen LogP contribution in [0.5, 0.6) is 0 Å². The van der Waals surface area contributed by atoms with Crippen LogP contribution in [0.25, 0.3) is 0 Å². The molecule has 0 aromatic carbocycles. The fraction of sp³-hybridized carbons (Fsp3) is 1.00. The molecule has 0 aromatic heterocycles. The first-order valence-electron chi connectivity index (χ1n) is 8.05. The summed E-state index contributed by atoms with van der Waals surface area (Å²) in [5.41, 5.74) is 0. The van der Waals surface area contributed by atoms with Gasteiger partial charge in [-0.25, -0.2) is 0 Å². The van der Waals surface area contributed by atoms with Crippen LogP contribution in [0.15, 0.2) is 0 Å². The Morgan fingerprint density at radius 3 is 2.57 bits per heavy atom. The zero-order valence-electron chi connectivity index (χ0n) is 13.5. The lowest BCUT2D eigenvalue weighted by molar-refractivity contribution is 0.177. The van der Waals surface area contributed by atoms with Crippen LogP contribution in [-0.4, -0.2) is 69.5 Å². The predicted molar refractivity (Wildman–Crippen MR) is 85.4 cm³/mol. The minimum absolute atomic E-state index is 0.0632. The first-order valence-corrected chi connectivity index (χ1v) is 9.49. The summed E-state index contributed by atoms with van der Waals surface area (Å²) in [6.45, 7) is 4.56. The van der Waals surface area contributed by atoms with Crippen molar-refractivity contribution in [2.45, 2.75) is 57.2 Å². The molecule has 0 aromatic rings. The van der Waals surface area contributed by atoms with Gasteiger partial charge in [0.15, 0.2) is 0 Å². The topological polar surface area (TPSA) is 64.7 Å². The van der Waals surface area contributed by atoms with Crippen molar-refractivity contribution in [1.82, 2.24) is 19.2 Å². The number of rotatable bonds is 8. The van der Waals surface area contributed by atoms with Crippen molar-refractivity contribution in [2.75, 3.05) is 33.7 Å². The number of nitrogens with one attached hydrogen (secondary N) is 2. The van der Waals surface area contributed by atoms with Gasteiger partial charge in [-0.3, -0.25) is 0 Å². The van der Waals surface area contributed by atoms with E-state index in [4.69, 9.17) is 0 Å². The number of nitrogens with zero attached hydrogens (tertiary/aromatic N) is 2. The SMILES string of the molecule is CC1CC(NS(=O)(=O)N(C)CCCNC2CC2)CCN1C. The fourth-order valence-electron chi connectivity index (χ4n) is 2.71. The van der Waals surface area contributed by atoms with Gasteiger partial charge in [-0.15, -0.1) is 0 Å². The molecule has 1 saturated heterocycles. The molecule has 2 unspecified atom stereocenters. The molecule has 7 heteroatoms. The van der Waals surface area contributed by atoms with Crippen molar-refractivity contribution in [2.24, 2.45) is 0 Å². The average Bonchev–Trinajstić information content (AvgIpc) is 3.22. The second kappa shape index (κ2) is 7.37. The van der Waals surface area contributed by atoms with Gasteiger partial charge in [-0.05, 0) is 59.2 Å². The highest BCUT2D eigenvalue weighted by atomic mass is 32.2. The molecular formula is C14H30N4O2S. The smallest absolute Gasteiger partial charge is 0.279 e. The molecule has 0 bridgehead atoms. The van der Waals surface area contributed by atoms with E-state index in [2.05, 4.69) is 28.9 Å². The van der Waals surface area contributed by atoms with Gasteiger partial charge < -0.3 is 10.2 Å². The third kappa shape index (κ3) is 5.49. The summed E-state index contributed by atoms with van der Waals surface area (Å²) in [5, 5.41) is 3.41. The Morgan fingerprint density at radius 1 is 1.24 bits per heavy atom. The molecule has 6 nitrogen and oxygen atoms in total. The largest absolute Gasteiger partial charge is 0.314 e. The summed E-state index contributed by atoms with van der Waals surface area (Å²) in [7, 11) is 0.407. The van der Waals surface area contributed by atoms with Crippen LogP contribution in [-0.2, 0) is 10.2 Å². The minimum atomic E-state index is -3.35. The highest BCUT2D eigenvalue weighted by Crippen LogP contribution is 2.18. The van der Waals surface area contributed by atoms with E-state index in [1.807, 2.05) is 0 Å². The Bertz CT molecular complexity index is 425. The Balaban J connectivity index is 1.71. The molecule has 21 heavy (non-hydrogen) atoms. The van der Waals surface area contributed by atoms with E-state index in [0.717, 1.165) is 32.4 Å². The maximum Gasteiger partial charge on any atom is 0.279 e. The summed E-state index contributed by atoms with van der Waals surface area (Å²) >= 11 is 0. The summed E-state index contributed by atoms with van der Waals surface area (Å²) in [6.07, 6.45) is 5.16. The van der Waals surface area contributed by atoms with E-state index < -0.39 is 10.2 Å². The van der Waals surface area contributed by atoms with Crippen LogP contribution in [0.2, 0.25) is 0 Å². The molecule has 1 aliphatic heterocycles. The quantitative estimate of drug-likeness (QED) is 0.635. The Labute approximate surface area is 129 Å². The molecule has 2 fully saturated rings.